The van der Waals surface area contributed by atoms with Crippen molar-refractivity contribution in [2.24, 2.45) is 9.98 Å². The van der Waals surface area contributed by atoms with Crippen molar-refractivity contribution in [3.63, 3.8) is 0 Å². The number of nitrogens with one attached hydrogen (secondary N) is 3. The molecule has 1 aromatic rings. The first kappa shape index (κ1) is 17.6. The van der Waals surface area contributed by atoms with Crippen molar-refractivity contribution < 1.29 is 5.21 Å². The molecule has 0 aromatic heterocycles. The Hall–Kier alpha value is -1.76. The maximum Gasteiger partial charge on any atom is 0.220 e. The lowest BCUT2D eigenvalue weighted by Gasteiger charge is -2.16. The molecule has 0 heterocycles. The number of nitrogens with zero attached hydrogens (tertiary/aromatic N) is 2. The first-order chi connectivity index (χ1) is 11.3. The molecule has 0 spiro atoms. The number of hydrogen-bond acceptors (Lipinski definition) is 4. The van der Waals surface area contributed by atoms with Crippen molar-refractivity contribution in [1.29, 1.82) is 0 Å². The van der Waals surface area contributed by atoms with E-state index in [1.807, 2.05) is 13.1 Å². The molecule has 0 bridgehead atoms. The summed E-state index contributed by atoms with van der Waals surface area (Å²) in [5.74, 6) is 0.541. The molecule has 1 aliphatic carbocycles. The van der Waals surface area contributed by atoms with Crippen LogP contribution < -0.4 is 16.1 Å². The Morgan fingerprint density at radius 3 is 2.57 bits per heavy atom. The zero-order valence-corrected chi connectivity index (χ0v) is 13.9. The van der Waals surface area contributed by atoms with Gasteiger partial charge in [0.25, 0.3) is 0 Å². The van der Waals surface area contributed by atoms with Gasteiger partial charge in [-0.25, -0.2) is 9.98 Å². The van der Waals surface area contributed by atoms with E-state index in [4.69, 9.17) is 0 Å². The van der Waals surface area contributed by atoms with Crippen LogP contribution in [0.5, 0.6) is 0 Å². The van der Waals surface area contributed by atoms with Gasteiger partial charge in [0.05, 0.1) is 0 Å². The molecule has 1 aromatic carbocycles. The van der Waals surface area contributed by atoms with Gasteiger partial charge in [-0.2, -0.15) is 5.48 Å². The fourth-order valence-corrected chi connectivity index (χ4v) is 2.65. The molecule has 0 amide bonds. The van der Waals surface area contributed by atoms with Crippen LogP contribution in [0, 0.1) is 0 Å². The number of rotatable bonds is 7. The van der Waals surface area contributed by atoms with Crippen LogP contribution in [0.1, 0.15) is 37.8 Å². The zero-order chi connectivity index (χ0) is 16.5. The first-order valence-electron chi connectivity index (χ1n) is 8.33. The summed E-state index contributed by atoms with van der Waals surface area (Å²) >= 11 is 0. The molecule has 0 radical (unpaired) electrons. The average Bonchev–Trinajstić information content (AvgIpc) is 2.98. The quantitative estimate of drug-likeness (QED) is 0.268. The highest BCUT2D eigenvalue weighted by molar-refractivity contribution is 5.88. The summed E-state index contributed by atoms with van der Waals surface area (Å²) in [4.78, 5) is 8.82. The average molecular weight is 317 g/mol. The maximum absolute atomic E-state index is 9.23. The highest BCUT2D eigenvalue weighted by Gasteiger charge is 2.21. The molecule has 6 heteroatoms. The summed E-state index contributed by atoms with van der Waals surface area (Å²) in [5.41, 5.74) is 4.93. The second-order valence-corrected chi connectivity index (χ2v) is 5.68. The number of benzene rings is 1. The normalized spacial score (nSPS) is 16.7. The van der Waals surface area contributed by atoms with E-state index in [1.165, 1.54) is 11.1 Å². The fraction of sp³-hybridized carbons (Fsp3) is 0.529. The summed E-state index contributed by atoms with van der Waals surface area (Å²) in [6.07, 6.45) is 5.00. The van der Waals surface area contributed by atoms with Crippen LogP contribution >= 0.6 is 0 Å². The van der Waals surface area contributed by atoms with Crippen LogP contribution in [0.3, 0.4) is 0 Å². The lowest BCUT2D eigenvalue weighted by molar-refractivity contribution is 0.114. The molecule has 0 fully saturated rings. The summed E-state index contributed by atoms with van der Waals surface area (Å²) in [7, 11) is 0. The van der Waals surface area contributed by atoms with Gasteiger partial charge in [0.15, 0.2) is 6.29 Å². The van der Waals surface area contributed by atoms with E-state index in [1.54, 1.807) is 0 Å². The smallest absolute Gasteiger partial charge is 0.220 e. The van der Waals surface area contributed by atoms with Gasteiger partial charge in [-0.1, -0.05) is 38.1 Å². The Morgan fingerprint density at radius 1 is 1.30 bits per heavy atom. The minimum atomic E-state index is -0.560. The third-order valence-corrected chi connectivity index (χ3v) is 3.74. The van der Waals surface area contributed by atoms with Crippen LogP contribution in [0.2, 0.25) is 0 Å². The summed E-state index contributed by atoms with van der Waals surface area (Å²) in [6.45, 7) is 4.86. The largest absolute Gasteiger partial charge is 0.351 e. The minimum absolute atomic E-state index is 0.283. The number of aliphatic imine (C=N–C) groups is 2. The van der Waals surface area contributed by atoms with Crippen molar-refractivity contribution in [3.05, 3.63) is 35.4 Å². The van der Waals surface area contributed by atoms with E-state index >= 15 is 0 Å². The van der Waals surface area contributed by atoms with E-state index in [9.17, 15) is 5.21 Å². The van der Waals surface area contributed by atoms with Crippen LogP contribution in [0.4, 0.5) is 0 Å². The summed E-state index contributed by atoms with van der Waals surface area (Å²) < 4.78 is 0. The standard InChI is InChI=1S/C17H27N5O/c1-3-9-18-16(21-17(22-23)19-10-4-2)20-15-11-13-7-5-6-8-14(13)12-15/h5-9,15,17,19,22-23H,3-4,10-12H2,1-2H3,(H,20,21)/b18-9-. The molecule has 0 saturated heterocycles. The molecule has 126 valence electrons. The van der Waals surface area contributed by atoms with E-state index in [-0.39, 0.29) is 6.04 Å². The predicted molar refractivity (Wildman–Crippen MR) is 94.0 cm³/mol. The van der Waals surface area contributed by atoms with Gasteiger partial charge >= 0.3 is 0 Å². The van der Waals surface area contributed by atoms with Gasteiger partial charge < -0.3 is 10.5 Å². The topological polar surface area (TPSA) is 81.0 Å². The molecule has 23 heavy (non-hydrogen) atoms. The second kappa shape index (κ2) is 9.39. The van der Waals surface area contributed by atoms with Gasteiger partial charge in [0.2, 0.25) is 5.96 Å². The molecular weight excluding hydrogens is 290 g/mol. The monoisotopic (exact) mass is 317 g/mol. The van der Waals surface area contributed by atoms with Gasteiger partial charge in [0.1, 0.15) is 0 Å². The third kappa shape index (κ3) is 5.42. The van der Waals surface area contributed by atoms with Crippen molar-refractivity contribution in [2.75, 3.05) is 6.54 Å². The van der Waals surface area contributed by atoms with Gasteiger partial charge in [-0.15, -0.1) is 0 Å². The molecule has 4 N–H and O–H groups in total. The fourth-order valence-electron chi connectivity index (χ4n) is 2.65. The Kier molecular flexibility index (Phi) is 7.19. The molecule has 0 saturated carbocycles. The van der Waals surface area contributed by atoms with Crippen molar-refractivity contribution >= 4 is 12.2 Å². The number of fused-ring (bicyclic) bond motifs is 1. The van der Waals surface area contributed by atoms with E-state index < -0.39 is 6.29 Å². The lowest BCUT2D eigenvalue weighted by Crippen LogP contribution is -2.43. The number of guanidine groups is 1. The van der Waals surface area contributed by atoms with Crippen LogP contribution in [0.25, 0.3) is 0 Å². The predicted octanol–water partition coefficient (Wildman–Crippen LogP) is 1.84. The Bertz CT molecular complexity index is 519. The molecule has 2 rings (SSSR count). The van der Waals surface area contributed by atoms with E-state index in [0.717, 1.165) is 32.2 Å². The summed E-state index contributed by atoms with van der Waals surface area (Å²) in [5, 5.41) is 15.7. The third-order valence-electron chi connectivity index (χ3n) is 3.74. The minimum Gasteiger partial charge on any atom is -0.351 e. The SMILES string of the molecule is CC/C=N\C(=N/C(NO)NCCC)NC1Cc2ccccc2C1. The van der Waals surface area contributed by atoms with E-state index in [2.05, 4.69) is 57.3 Å². The van der Waals surface area contributed by atoms with Crippen LogP contribution in [0.15, 0.2) is 34.3 Å². The first-order valence-corrected chi connectivity index (χ1v) is 8.33. The molecule has 1 aliphatic rings. The van der Waals surface area contributed by atoms with Crippen LogP contribution in [-0.2, 0) is 12.8 Å². The molecular formula is C17H27N5O. The van der Waals surface area contributed by atoms with Gasteiger partial charge in [0, 0.05) is 12.3 Å². The highest BCUT2D eigenvalue weighted by atomic mass is 16.5. The zero-order valence-electron chi connectivity index (χ0n) is 13.9. The van der Waals surface area contributed by atoms with Gasteiger partial charge in [-0.05, 0) is 43.4 Å². The van der Waals surface area contributed by atoms with Gasteiger partial charge in [-0.3, -0.25) is 5.32 Å². The number of hydroxylamine groups is 1. The second-order valence-electron chi connectivity index (χ2n) is 5.68. The van der Waals surface area contributed by atoms with Crippen LogP contribution in [-0.4, -0.2) is 36.3 Å². The molecule has 6 nitrogen and oxygen atoms in total. The Labute approximate surface area is 138 Å². The summed E-state index contributed by atoms with van der Waals surface area (Å²) in [6, 6.07) is 8.77. The Balaban J connectivity index is 2.03. The highest BCUT2D eigenvalue weighted by Crippen LogP contribution is 2.21. The van der Waals surface area contributed by atoms with E-state index in [0.29, 0.717) is 5.96 Å². The molecule has 0 aliphatic heterocycles. The molecule has 1 atom stereocenters. The van der Waals surface area contributed by atoms with Crippen molar-refractivity contribution in [2.45, 2.75) is 51.9 Å². The number of hydrogen-bond donors (Lipinski definition) is 4. The molecule has 1 unspecified atom stereocenters. The Morgan fingerprint density at radius 2 is 2.00 bits per heavy atom. The maximum atomic E-state index is 9.23. The van der Waals surface area contributed by atoms with Crippen molar-refractivity contribution in [1.82, 2.24) is 16.1 Å². The van der Waals surface area contributed by atoms with Crippen molar-refractivity contribution in [3.8, 4) is 0 Å². The lowest BCUT2D eigenvalue weighted by atomic mass is 10.1.